The van der Waals surface area contributed by atoms with Gasteiger partial charge in [0.15, 0.2) is 16.6 Å². The lowest BCUT2D eigenvalue weighted by molar-refractivity contribution is -0.116. The minimum absolute atomic E-state index is 0.00558. The topological polar surface area (TPSA) is 132 Å². The first-order valence-electron chi connectivity index (χ1n) is 9.48. The van der Waals surface area contributed by atoms with Gasteiger partial charge in [-0.25, -0.2) is 4.98 Å². The van der Waals surface area contributed by atoms with Crippen LogP contribution in [0.2, 0.25) is 0 Å². The van der Waals surface area contributed by atoms with Gasteiger partial charge < -0.3 is 24.5 Å². The van der Waals surface area contributed by atoms with Gasteiger partial charge in [0.1, 0.15) is 5.56 Å². The molecule has 0 saturated heterocycles. The zero-order valence-corrected chi connectivity index (χ0v) is 18.5. The van der Waals surface area contributed by atoms with E-state index in [1.165, 1.54) is 44.9 Å². The number of benzene rings is 1. The summed E-state index contributed by atoms with van der Waals surface area (Å²) in [7, 11) is 4.49. The Morgan fingerprint density at radius 1 is 1.09 bits per heavy atom. The zero-order valence-electron chi connectivity index (χ0n) is 17.7. The number of anilines is 2. The highest BCUT2D eigenvalue weighted by Crippen LogP contribution is 2.39. The molecule has 0 aliphatic carbocycles. The van der Waals surface area contributed by atoms with E-state index in [2.05, 4.69) is 20.6 Å². The van der Waals surface area contributed by atoms with Gasteiger partial charge in [-0.1, -0.05) is 0 Å². The Balaban J connectivity index is 1.58. The molecule has 0 unspecified atom stereocenters. The summed E-state index contributed by atoms with van der Waals surface area (Å²) < 4.78 is 15.8. The molecule has 3 rings (SSSR count). The lowest BCUT2D eigenvalue weighted by Crippen LogP contribution is -2.22. The smallest absolute Gasteiger partial charge is 0.263 e. The Morgan fingerprint density at radius 3 is 2.44 bits per heavy atom. The SMILES string of the molecule is COc1cc(NC(=O)CCc2csc(NC(=O)c3ccc[nH]c3=O)n2)cc(OC)c1OC. The summed E-state index contributed by atoms with van der Waals surface area (Å²) in [5, 5.41) is 7.48. The van der Waals surface area contributed by atoms with Crippen molar-refractivity contribution in [2.75, 3.05) is 32.0 Å². The molecule has 32 heavy (non-hydrogen) atoms. The van der Waals surface area contributed by atoms with Crippen LogP contribution in [0.15, 0.2) is 40.6 Å². The van der Waals surface area contributed by atoms with Crippen LogP contribution in [0.5, 0.6) is 17.2 Å². The molecule has 3 N–H and O–H groups in total. The van der Waals surface area contributed by atoms with Crippen molar-refractivity contribution in [3.63, 3.8) is 0 Å². The van der Waals surface area contributed by atoms with E-state index in [1.807, 2.05) is 0 Å². The number of hydrogen-bond donors (Lipinski definition) is 3. The van der Waals surface area contributed by atoms with Crippen LogP contribution in [0.3, 0.4) is 0 Å². The first-order chi connectivity index (χ1) is 15.4. The Morgan fingerprint density at radius 2 is 1.81 bits per heavy atom. The molecule has 2 heterocycles. The molecule has 168 valence electrons. The van der Waals surface area contributed by atoms with Gasteiger partial charge in [-0.2, -0.15) is 0 Å². The van der Waals surface area contributed by atoms with Gasteiger partial charge in [0.05, 0.1) is 27.0 Å². The molecule has 2 aromatic heterocycles. The highest BCUT2D eigenvalue weighted by atomic mass is 32.1. The van der Waals surface area contributed by atoms with E-state index in [-0.39, 0.29) is 17.9 Å². The van der Waals surface area contributed by atoms with E-state index in [0.29, 0.717) is 40.2 Å². The summed E-state index contributed by atoms with van der Waals surface area (Å²) in [6.07, 6.45) is 1.99. The van der Waals surface area contributed by atoms with Crippen LogP contribution in [-0.4, -0.2) is 43.1 Å². The van der Waals surface area contributed by atoms with E-state index >= 15 is 0 Å². The monoisotopic (exact) mass is 458 g/mol. The van der Waals surface area contributed by atoms with Gasteiger partial charge >= 0.3 is 0 Å². The molecule has 11 heteroatoms. The molecular weight excluding hydrogens is 436 g/mol. The van der Waals surface area contributed by atoms with Gasteiger partial charge in [-0.3, -0.25) is 19.7 Å². The number of carbonyl (C=O) groups excluding carboxylic acids is 2. The predicted octanol–water partition coefficient (Wildman–Crippen LogP) is 2.68. The van der Waals surface area contributed by atoms with Crippen molar-refractivity contribution in [2.24, 2.45) is 0 Å². The van der Waals surface area contributed by atoms with Crippen molar-refractivity contribution in [1.82, 2.24) is 9.97 Å². The molecule has 0 atom stereocenters. The average Bonchev–Trinajstić information content (AvgIpc) is 3.24. The number of thiazole rings is 1. The molecule has 2 amide bonds. The standard InChI is InChI=1S/C21H22N4O6S/c1-29-15-9-13(10-16(30-2)18(15)31-3)23-17(26)7-6-12-11-32-21(24-12)25-20(28)14-5-4-8-22-19(14)27/h4-5,8-11H,6-7H2,1-3H3,(H,22,27)(H,23,26)(H,24,25,28). The average molecular weight is 458 g/mol. The number of rotatable bonds is 9. The number of aryl methyl sites for hydroxylation is 1. The highest BCUT2D eigenvalue weighted by Gasteiger charge is 2.15. The van der Waals surface area contributed by atoms with Crippen LogP contribution in [0.25, 0.3) is 0 Å². The number of aromatic nitrogens is 2. The Kier molecular flexibility index (Phi) is 7.45. The summed E-state index contributed by atoms with van der Waals surface area (Å²) in [5.41, 5.74) is 0.662. The summed E-state index contributed by atoms with van der Waals surface area (Å²) in [4.78, 5) is 43.0. The second-order valence-corrected chi connectivity index (χ2v) is 7.33. The number of ether oxygens (including phenoxy) is 3. The van der Waals surface area contributed by atoms with E-state index in [0.717, 1.165) is 0 Å². The van der Waals surface area contributed by atoms with Crippen LogP contribution in [0.1, 0.15) is 22.5 Å². The third-order valence-corrected chi connectivity index (χ3v) is 5.20. The fourth-order valence-electron chi connectivity index (χ4n) is 2.86. The fourth-order valence-corrected chi connectivity index (χ4v) is 3.60. The van der Waals surface area contributed by atoms with Crippen molar-refractivity contribution < 1.29 is 23.8 Å². The minimum Gasteiger partial charge on any atom is -0.493 e. The molecule has 10 nitrogen and oxygen atoms in total. The highest BCUT2D eigenvalue weighted by molar-refractivity contribution is 7.14. The molecule has 0 aliphatic heterocycles. The van der Waals surface area contributed by atoms with Gasteiger partial charge in [0.25, 0.3) is 11.5 Å². The Labute approximate surface area is 187 Å². The number of nitrogens with one attached hydrogen (secondary N) is 3. The number of amides is 2. The second-order valence-electron chi connectivity index (χ2n) is 6.47. The second kappa shape index (κ2) is 10.4. The lowest BCUT2D eigenvalue weighted by Gasteiger charge is -2.14. The van der Waals surface area contributed by atoms with E-state index in [1.54, 1.807) is 23.6 Å². The number of hydrogen-bond acceptors (Lipinski definition) is 8. The van der Waals surface area contributed by atoms with Crippen molar-refractivity contribution in [1.29, 1.82) is 0 Å². The summed E-state index contributed by atoms with van der Waals surface area (Å²) >= 11 is 1.21. The van der Waals surface area contributed by atoms with Crippen molar-refractivity contribution >= 4 is 34.0 Å². The summed E-state index contributed by atoms with van der Waals surface area (Å²) in [5.74, 6) is 0.516. The van der Waals surface area contributed by atoms with E-state index in [9.17, 15) is 14.4 Å². The van der Waals surface area contributed by atoms with Gasteiger partial charge in [-0.05, 0) is 18.6 Å². The van der Waals surface area contributed by atoms with Gasteiger partial charge in [0.2, 0.25) is 11.7 Å². The molecule has 0 saturated carbocycles. The predicted molar refractivity (Wildman–Crippen MR) is 120 cm³/mol. The third kappa shape index (κ3) is 5.43. The number of methoxy groups -OCH3 is 3. The molecule has 0 radical (unpaired) electrons. The fraction of sp³-hybridized carbons (Fsp3) is 0.238. The molecule has 1 aromatic carbocycles. The van der Waals surface area contributed by atoms with Crippen molar-refractivity contribution in [3.8, 4) is 17.2 Å². The van der Waals surface area contributed by atoms with Crippen molar-refractivity contribution in [2.45, 2.75) is 12.8 Å². The van der Waals surface area contributed by atoms with Crippen LogP contribution in [-0.2, 0) is 11.2 Å². The lowest BCUT2D eigenvalue weighted by atomic mass is 10.2. The molecule has 0 spiro atoms. The molecule has 0 bridgehead atoms. The summed E-state index contributed by atoms with van der Waals surface area (Å²) in [6.45, 7) is 0. The van der Waals surface area contributed by atoms with Crippen LogP contribution < -0.4 is 30.4 Å². The third-order valence-electron chi connectivity index (χ3n) is 4.39. The Hall–Kier alpha value is -3.86. The van der Waals surface area contributed by atoms with Gasteiger partial charge in [0, 0.05) is 35.8 Å². The van der Waals surface area contributed by atoms with Crippen LogP contribution in [0.4, 0.5) is 10.8 Å². The van der Waals surface area contributed by atoms with Crippen molar-refractivity contribution in [3.05, 3.63) is 57.5 Å². The maximum absolute atomic E-state index is 12.4. The number of nitrogens with zero attached hydrogens (tertiary/aromatic N) is 1. The zero-order chi connectivity index (χ0) is 23.1. The minimum atomic E-state index is -0.548. The van der Waals surface area contributed by atoms with Crippen LogP contribution in [0, 0.1) is 0 Å². The quantitative estimate of drug-likeness (QED) is 0.449. The van der Waals surface area contributed by atoms with Gasteiger partial charge in [-0.15, -0.1) is 11.3 Å². The van der Waals surface area contributed by atoms with Crippen LogP contribution >= 0.6 is 11.3 Å². The number of carbonyl (C=O) groups is 2. The number of pyridine rings is 1. The maximum atomic E-state index is 12.4. The summed E-state index contributed by atoms with van der Waals surface area (Å²) in [6, 6.07) is 6.27. The Bertz CT molecular complexity index is 1150. The number of aromatic amines is 1. The molecule has 0 fully saturated rings. The molecule has 0 aliphatic rings. The maximum Gasteiger partial charge on any atom is 0.263 e. The largest absolute Gasteiger partial charge is 0.493 e. The van der Waals surface area contributed by atoms with E-state index in [4.69, 9.17) is 14.2 Å². The normalized spacial score (nSPS) is 10.3. The first-order valence-corrected chi connectivity index (χ1v) is 10.4. The number of H-pyrrole nitrogens is 1. The first kappa shape index (κ1) is 22.8. The van der Waals surface area contributed by atoms with E-state index < -0.39 is 11.5 Å². The molecule has 3 aromatic rings. The molecular formula is C21H22N4O6S.